The van der Waals surface area contributed by atoms with E-state index < -0.39 is 5.92 Å². The van der Waals surface area contributed by atoms with Crippen molar-refractivity contribution in [1.29, 1.82) is 0 Å². The van der Waals surface area contributed by atoms with Gasteiger partial charge in [0.1, 0.15) is 5.75 Å². The molecule has 2 rings (SSSR count). The molecule has 1 fully saturated rings. The van der Waals surface area contributed by atoms with Gasteiger partial charge in [-0.1, -0.05) is 11.6 Å². The molecule has 106 valence electrons. The predicted molar refractivity (Wildman–Crippen MR) is 71.9 cm³/mol. The highest BCUT2D eigenvalue weighted by Gasteiger charge is 2.37. The topological polar surface area (TPSA) is 21.3 Å². The lowest BCUT2D eigenvalue weighted by atomic mass is 9.86. The van der Waals surface area contributed by atoms with Gasteiger partial charge in [0.15, 0.2) is 0 Å². The maximum atomic E-state index is 13.8. The van der Waals surface area contributed by atoms with E-state index in [0.29, 0.717) is 5.75 Å². The highest BCUT2D eigenvalue weighted by atomic mass is 19.3. The van der Waals surface area contributed by atoms with E-state index in [-0.39, 0.29) is 11.1 Å². The fourth-order valence-corrected chi connectivity index (χ4v) is 2.85. The molecule has 1 aliphatic rings. The Balaban J connectivity index is 2.63. The molecule has 1 heterocycles. The van der Waals surface area contributed by atoms with Crippen molar-refractivity contribution in [3.63, 3.8) is 0 Å². The molecule has 1 atom stereocenters. The van der Waals surface area contributed by atoms with Gasteiger partial charge in [0.05, 0.1) is 12.7 Å². The maximum absolute atomic E-state index is 13.8. The highest BCUT2D eigenvalue weighted by Crippen LogP contribution is 2.43. The largest absolute Gasteiger partial charge is 0.496 e. The van der Waals surface area contributed by atoms with Crippen LogP contribution in [0.5, 0.6) is 5.75 Å². The number of aryl methyl sites for hydroxylation is 1. The molecule has 0 radical (unpaired) electrons. The molecule has 1 aromatic carbocycles. The fraction of sp³-hybridized carbons (Fsp3) is 0.600. The summed E-state index contributed by atoms with van der Waals surface area (Å²) in [5.41, 5.74) is 1.36. The van der Waals surface area contributed by atoms with Crippen molar-refractivity contribution in [1.82, 2.24) is 5.32 Å². The second-order valence-corrected chi connectivity index (χ2v) is 5.64. The zero-order chi connectivity index (χ0) is 14.3. The first kappa shape index (κ1) is 14.3. The first-order valence-corrected chi connectivity index (χ1v) is 6.60. The molecular weight excluding hydrogens is 248 g/mol. The Bertz CT molecular complexity index is 474. The number of nitrogens with one attached hydrogen (secondary N) is 1. The lowest BCUT2D eigenvalue weighted by molar-refractivity contribution is 0.0147. The van der Waals surface area contributed by atoms with Gasteiger partial charge in [-0.05, 0) is 39.3 Å². The summed E-state index contributed by atoms with van der Waals surface area (Å²) in [7, 11) is 1.46. The maximum Gasteiger partial charge on any atom is 0.274 e. The molecule has 2 nitrogen and oxygen atoms in total. The summed E-state index contributed by atoms with van der Waals surface area (Å²) < 4.78 is 32.9. The molecule has 4 heteroatoms. The van der Waals surface area contributed by atoms with Crippen LogP contribution in [0.4, 0.5) is 8.78 Å². The zero-order valence-electron chi connectivity index (χ0n) is 11.9. The number of methoxy groups -OCH3 is 1. The lowest BCUT2D eigenvalue weighted by Gasteiger charge is -2.29. The monoisotopic (exact) mass is 269 g/mol. The van der Waals surface area contributed by atoms with Crippen LogP contribution in [0.3, 0.4) is 0 Å². The minimum atomic E-state index is -2.90. The number of halogens is 2. The van der Waals surface area contributed by atoms with Crippen LogP contribution in [0.2, 0.25) is 0 Å². The lowest BCUT2D eigenvalue weighted by Crippen LogP contribution is -2.34. The molecule has 0 saturated carbocycles. The fourth-order valence-electron chi connectivity index (χ4n) is 2.85. The second-order valence-electron chi connectivity index (χ2n) is 5.64. The molecule has 1 unspecified atom stereocenters. The molecular formula is C15H21F2NO. The van der Waals surface area contributed by atoms with Crippen molar-refractivity contribution in [2.75, 3.05) is 13.7 Å². The molecule has 1 aromatic rings. The number of hydrogen-bond acceptors (Lipinski definition) is 2. The summed E-state index contributed by atoms with van der Waals surface area (Å²) in [5, 5.41) is 3.40. The van der Waals surface area contributed by atoms with Gasteiger partial charge in [-0.2, -0.15) is 0 Å². The van der Waals surface area contributed by atoms with Gasteiger partial charge in [0.2, 0.25) is 0 Å². The summed E-state index contributed by atoms with van der Waals surface area (Å²) in [6.45, 7) is 5.72. The van der Waals surface area contributed by atoms with E-state index in [0.717, 1.165) is 37.4 Å². The van der Waals surface area contributed by atoms with Gasteiger partial charge in [-0.3, -0.25) is 0 Å². The van der Waals surface area contributed by atoms with E-state index in [1.54, 1.807) is 0 Å². The number of hydrogen-bond donors (Lipinski definition) is 1. The molecule has 1 aliphatic heterocycles. The SMILES string of the molecule is COc1c(C(C)(F)F)cc(C)cc1C1(C)CCCN1. The van der Waals surface area contributed by atoms with Crippen LogP contribution in [-0.2, 0) is 11.5 Å². The highest BCUT2D eigenvalue weighted by molar-refractivity contribution is 5.50. The number of benzene rings is 1. The van der Waals surface area contributed by atoms with E-state index in [4.69, 9.17) is 4.74 Å². The third-order valence-corrected chi connectivity index (χ3v) is 3.87. The molecule has 0 aliphatic carbocycles. The quantitative estimate of drug-likeness (QED) is 0.903. The number of rotatable bonds is 3. The van der Waals surface area contributed by atoms with Crippen LogP contribution in [-0.4, -0.2) is 13.7 Å². The normalized spacial score (nSPS) is 23.7. The van der Waals surface area contributed by atoms with Gasteiger partial charge in [-0.25, -0.2) is 8.78 Å². The molecule has 0 amide bonds. The molecule has 1 saturated heterocycles. The average Bonchev–Trinajstić information content (AvgIpc) is 2.75. The summed E-state index contributed by atoms with van der Waals surface area (Å²) in [6.07, 6.45) is 1.98. The van der Waals surface area contributed by atoms with Crippen LogP contribution in [0, 0.1) is 6.92 Å². The average molecular weight is 269 g/mol. The third kappa shape index (κ3) is 2.59. The minimum absolute atomic E-state index is 0.0278. The Morgan fingerprint density at radius 2 is 2.05 bits per heavy atom. The van der Waals surface area contributed by atoms with Crippen molar-refractivity contribution in [2.24, 2.45) is 0 Å². The van der Waals surface area contributed by atoms with Crippen molar-refractivity contribution >= 4 is 0 Å². The van der Waals surface area contributed by atoms with Gasteiger partial charge in [0.25, 0.3) is 5.92 Å². The van der Waals surface area contributed by atoms with E-state index >= 15 is 0 Å². The molecule has 1 N–H and O–H groups in total. The number of alkyl halides is 2. The molecule has 0 bridgehead atoms. The third-order valence-electron chi connectivity index (χ3n) is 3.87. The van der Waals surface area contributed by atoms with Crippen LogP contribution in [0.25, 0.3) is 0 Å². The van der Waals surface area contributed by atoms with Crippen molar-refractivity contribution in [2.45, 2.75) is 45.1 Å². The number of ether oxygens (including phenoxy) is 1. The predicted octanol–water partition coefficient (Wildman–Crippen LogP) is 3.71. The summed E-state index contributed by atoms with van der Waals surface area (Å²) in [5.74, 6) is -2.59. The van der Waals surface area contributed by atoms with Crippen LogP contribution in [0.1, 0.15) is 43.4 Å². The molecule has 0 aromatic heterocycles. The molecule has 19 heavy (non-hydrogen) atoms. The van der Waals surface area contributed by atoms with E-state index in [2.05, 4.69) is 12.2 Å². The molecule has 0 spiro atoms. The Labute approximate surface area is 113 Å². The van der Waals surface area contributed by atoms with Crippen LogP contribution in [0.15, 0.2) is 12.1 Å². The van der Waals surface area contributed by atoms with E-state index in [9.17, 15) is 8.78 Å². The van der Waals surface area contributed by atoms with Crippen molar-refractivity contribution < 1.29 is 13.5 Å². The van der Waals surface area contributed by atoms with Gasteiger partial charge >= 0.3 is 0 Å². The summed E-state index contributed by atoms with van der Waals surface area (Å²) >= 11 is 0. The van der Waals surface area contributed by atoms with Gasteiger partial charge in [0, 0.05) is 18.0 Å². The van der Waals surface area contributed by atoms with Crippen LogP contribution < -0.4 is 10.1 Å². The minimum Gasteiger partial charge on any atom is -0.496 e. The smallest absolute Gasteiger partial charge is 0.274 e. The Hall–Kier alpha value is -1.16. The first-order valence-electron chi connectivity index (χ1n) is 6.60. The standard InChI is InChI=1S/C15H21F2NO/c1-10-8-11(14(2)6-5-7-18-14)13(19-4)12(9-10)15(3,16)17/h8-9,18H,5-7H2,1-4H3. The Morgan fingerprint density at radius 3 is 2.53 bits per heavy atom. The van der Waals surface area contributed by atoms with Crippen LogP contribution >= 0.6 is 0 Å². The zero-order valence-corrected chi connectivity index (χ0v) is 11.9. The summed E-state index contributed by atoms with van der Waals surface area (Å²) in [6, 6.07) is 3.47. The van der Waals surface area contributed by atoms with Gasteiger partial charge < -0.3 is 10.1 Å². The van der Waals surface area contributed by atoms with Crippen molar-refractivity contribution in [3.8, 4) is 5.75 Å². The van der Waals surface area contributed by atoms with Gasteiger partial charge in [-0.15, -0.1) is 0 Å². The van der Waals surface area contributed by atoms with Crippen molar-refractivity contribution in [3.05, 3.63) is 28.8 Å². The Kier molecular flexibility index (Phi) is 3.56. The summed E-state index contributed by atoms with van der Waals surface area (Å²) in [4.78, 5) is 0. The Morgan fingerprint density at radius 1 is 1.37 bits per heavy atom. The van der Waals surface area contributed by atoms with E-state index in [1.165, 1.54) is 13.2 Å². The first-order chi connectivity index (χ1) is 8.78. The second kappa shape index (κ2) is 4.75. The van der Waals surface area contributed by atoms with E-state index in [1.807, 2.05) is 13.0 Å².